The normalized spacial score (nSPS) is 20.0. The van der Waals surface area contributed by atoms with Gasteiger partial charge in [0.05, 0.1) is 12.1 Å². The number of nitrogens with one attached hydrogen (secondary N) is 1. The Bertz CT molecular complexity index is 573. The van der Waals surface area contributed by atoms with Crippen LogP contribution in [0.1, 0.15) is 12.5 Å². The molecule has 0 saturated carbocycles. The zero-order valence-corrected chi connectivity index (χ0v) is 10.4. The van der Waals surface area contributed by atoms with E-state index in [2.05, 4.69) is 10.3 Å². The van der Waals surface area contributed by atoms with Crippen molar-refractivity contribution in [3.63, 3.8) is 0 Å². The summed E-state index contributed by atoms with van der Waals surface area (Å²) in [5.41, 5.74) is 4.37. The molecule has 20 heavy (non-hydrogen) atoms. The Morgan fingerprint density at radius 3 is 2.65 bits per heavy atom. The van der Waals surface area contributed by atoms with Gasteiger partial charge in [0.1, 0.15) is 17.7 Å². The van der Waals surface area contributed by atoms with Gasteiger partial charge >= 0.3 is 6.18 Å². The van der Waals surface area contributed by atoms with Gasteiger partial charge in [-0.15, -0.1) is 0 Å². The maximum Gasteiger partial charge on any atom is 0.416 e. The topological polar surface area (TPSA) is 88.3 Å². The van der Waals surface area contributed by atoms with E-state index in [1.54, 1.807) is 0 Å². The van der Waals surface area contributed by atoms with Gasteiger partial charge in [0, 0.05) is 0 Å². The van der Waals surface area contributed by atoms with Crippen molar-refractivity contribution < 1.29 is 22.8 Å². The third-order valence-corrected chi connectivity index (χ3v) is 2.88. The second kappa shape index (κ2) is 4.66. The van der Waals surface area contributed by atoms with Crippen LogP contribution in [0.5, 0.6) is 0 Å². The van der Waals surface area contributed by atoms with Gasteiger partial charge in [-0.25, -0.2) is 4.98 Å². The number of hydrogen-bond acceptors (Lipinski definition) is 5. The van der Waals surface area contributed by atoms with Crippen LogP contribution in [0.25, 0.3) is 0 Å². The molecule has 9 heteroatoms. The number of aromatic nitrogens is 1. The monoisotopic (exact) mass is 288 g/mol. The fraction of sp³-hybridized carbons (Fsp3) is 0.364. The highest BCUT2D eigenvalue weighted by atomic mass is 19.4. The van der Waals surface area contributed by atoms with Crippen LogP contribution < -0.4 is 16.0 Å². The first-order valence-corrected chi connectivity index (χ1v) is 5.63. The quantitative estimate of drug-likeness (QED) is 0.736. The first-order valence-electron chi connectivity index (χ1n) is 5.63. The minimum absolute atomic E-state index is 0.159. The van der Waals surface area contributed by atoms with Crippen molar-refractivity contribution in [2.24, 2.45) is 0 Å². The fourth-order valence-corrected chi connectivity index (χ4v) is 1.84. The summed E-state index contributed by atoms with van der Waals surface area (Å²) in [5.74, 6) is -1.70. The average molecular weight is 288 g/mol. The number of carbonyl (C=O) groups is 2. The van der Waals surface area contributed by atoms with Crippen LogP contribution in [0, 0.1) is 0 Å². The van der Waals surface area contributed by atoms with Crippen LogP contribution in [0.4, 0.5) is 24.8 Å². The Morgan fingerprint density at radius 1 is 1.40 bits per heavy atom. The third kappa shape index (κ3) is 2.65. The number of nitrogens with zero attached hydrogens (tertiary/aromatic N) is 2. The molecule has 0 aromatic carbocycles. The average Bonchev–Trinajstić information content (AvgIpc) is 2.32. The molecule has 108 valence electrons. The van der Waals surface area contributed by atoms with Crippen LogP contribution in [-0.4, -0.2) is 29.4 Å². The predicted molar refractivity (Wildman–Crippen MR) is 63.6 cm³/mol. The zero-order valence-electron chi connectivity index (χ0n) is 10.4. The molecule has 0 spiro atoms. The number of hydrogen-bond donors (Lipinski definition) is 2. The van der Waals surface area contributed by atoms with Crippen molar-refractivity contribution in [3.05, 3.63) is 17.7 Å². The molecule has 1 aromatic rings. The van der Waals surface area contributed by atoms with Gasteiger partial charge in [-0.1, -0.05) is 0 Å². The summed E-state index contributed by atoms with van der Waals surface area (Å²) in [6.45, 7) is 1.20. The molecule has 0 radical (unpaired) electrons. The number of imide groups is 1. The van der Waals surface area contributed by atoms with Crippen molar-refractivity contribution in [1.82, 2.24) is 10.3 Å². The highest BCUT2D eigenvalue weighted by Gasteiger charge is 2.35. The predicted octanol–water partition coefficient (Wildman–Crippen LogP) is 0.534. The van der Waals surface area contributed by atoms with Gasteiger partial charge in [0.2, 0.25) is 11.8 Å². The lowest BCUT2D eigenvalue weighted by Crippen LogP contribution is -2.57. The smallest absolute Gasteiger partial charge is 0.384 e. The molecule has 1 saturated heterocycles. The molecule has 6 nitrogen and oxygen atoms in total. The molecule has 1 unspecified atom stereocenters. The van der Waals surface area contributed by atoms with Crippen LogP contribution >= 0.6 is 0 Å². The highest BCUT2D eigenvalue weighted by molar-refractivity contribution is 6.04. The van der Waals surface area contributed by atoms with E-state index >= 15 is 0 Å². The Hall–Kier alpha value is -2.32. The molecule has 2 amide bonds. The summed E-state index contributed by atoms with van der Waals surface area (Å²) in [6.07, 6.45) is -4.59. The molecule has 0 aliphatic carbocycles. The third-order valence-electron chi connectivity index (χ3n) is 2.88. The number of anilines is 2. The molecule has 1 atom stereocenters. The van der Waals surface area contributed by atoms with Crippen molar-refractivity contribution in [1.29, 1.82) is 0 Å². The number of halogens is 3. The van der Waals surface area contributed by atoms with E-state index in [9.17, 15) is 22.8 Å². The lowest BCUT2D eigenvalue weighted by atomic mass is 10.1. The largest absolute Gasteiger partial charge is 0.416 e. The van der Waals surface area contributed by atoms with E-state index in [0.29, 0.717) is 6.07 Å². The van der Waals surface area contributed by atoms with Crippen molar-refractivity contribution in [3.8, 4) is 0 Å². The first-order chi connectivity index (χ1) is 9.18. The minimum atomic E-state index is -4.59. The van der Waals surface area contributed by atoms with E-state index in [4.69, 9.17) is 5.73 Å². The van der Waals surface area contributed by atoms with Gasteiger partial charge in [-0.3, -0.25) is 14.9 Å². The van der Waals surface area contributed by atoms with Gasteiger partial charge < -0.3 is 10.6 Å². The molecule has 1 fully saturated rings. The first kappa shape index (κ1) is 14.1. The SMILES string of the molecule is CC1C(=O)NC(=O)CN1c1cc(C(F)(F)F)cc(N)n1. The van der Waals surface area contributed by atoms with E-state index < -0.39 is 29.6 Å². The summed E-state index contributed by atoms with van der Waals surface area (Å²) in [6, 6.07) is 0.641. The van der Waals surface area contributed by atoms with E-state index in [0.717, 1.165) is 6.07 Å². The number of pyridine rings is 1. The number of nitrogens with two attached hydrogens (primary N) is 1. The van der Waals surface area contributed by atoms with Crippen LogP contribution in [0.2, 0.25) is 0 Å². The molecule has 0 bridgehead atoms. The summed E-state index contributed by atoms with van der Waals surface area (Å²) in [7, 11) is 0. The number of amides is 2. The number of piperazine rings is 1. The van der Waals surface area contributed by atoms with Gasteiger partial charge in [0.25, 0.3) is 0 Å². The van der Waals surface area contributed by atoms with E-state index in [-0.39, 0.29) is 18.2 Å². The second-order valence-electron chi connectivity index (χ2n) is 4.35. The van der Waals surface area contributed by atoms with Crippen molar-refractivity contribution in [2.75, 3.05) is 17.2 Å². The Balaban J connectivity index is 2.44. The number of nitrogen functional groups attached to an aromatic ring is 1. The van der Waals surface area contributed by atoms with Crippen LogP contribution in [0.15, 0.2) is 12.1 Å². The Morgan fingerprint density at radius 2 is 2.05 bits per heavy atom. The maximum atomic E-state index is 12.7. The maximum absolute atomic E-state index is 12.7. The summed E-state index contributed by atoms with van der Waals surface area (Å²) < 4.78 is 38.2. The molecular formula is C11H11F3N4O2. The van der Waals surface area contributed by atoms with Gasteiger partial charge in [-0.05, 0) is 19.1 Å². The lowest BCUT2D eigenvalue weighted by molar-refractivity contribution is -0.137. The van der Waals surface area contributed by atoms with Crippen molar-refractivity contribution >= 4 is 23.5 Å². The standard InChI is InChI=1S/C11H11F3N4O2/c1-5-10(20)17-9(19)4-18(5)8-3-6(11(12,13)14)2-7(15)16-8/h2-3,5H,4H2,1H3,(H2,15,16)(H,17,19,20). The molecule has 1 aliphatic rings. The Kier molecular flexibility index (Phi) is 3.28. The molecular weight excluding hydrogens is 277 g/mol. The molecule has 2 rings (SSSR count). The summed E-state index contributed by atoms with van der Waals surface area (Å²) in [4.78, 5) is 27.7. The molecule has 1 aliphatic heterocycles. The summed E-state index contributed by atoms with van der Waals surface area (Å²) >= 11 is 0. The minimum Gasteiger partial charge on any atom is -0.384 e. The number of alkyl halides is 3. The van der Waals surface area contributed by atoms with Gasteiger partial charge in [-0.2, -0.15) is 13.2 Å². The number of rotatable bonds is 1. The van der Waals surface area contributed by atoms with E-state index in [1.807, 2.05) is 0 Å². The van der Waals surface area contributed by atoms with E-state index in [1.165, 1.54) is 11.8 Å². The molecule has 2 heterocycles. The summed E-state index contributed by atoms with van der Waals surface area (Å²) in [5, 5.41) is 2.09. The number of carbonyl (C=O) groups excluding carboxylic acids is 2. The second-order valence-corrected chi connectivity index (χ2v) is 4.35. The zero-order chi connectivity index (χ0) is 15.1. The highest BCUT2D eigenvalue weighted by Crippen LogP contribution is 2.32. The van der Waals surface area contributed by atoms with Crippen LogP contribution in [-0.2, 0) is 15.8 Å². The lowest BCUT2D eigenvalue weighted by Gasteiger charge is -2.32. The van der Waals surface area contributed by atoms with Crippen molar-refractivity contribution in [2.45, 2.75) is 19.1 Å². The Labute approximate surface area is 111 Å². The van der Waals surface area contributed by atoms with Crippen LogP contribution in [0.3, 0.4) is 0 Å². The fourth-order valence-electron chi connectivity index (χ4n) is 1.84. The molecule has 3 N–H and O–H groups in total. The molecule has 1 aromatic heterocycles. The van der Waals surface area contributed by atoms with Gasteiger partial charge in [0.15, 0.2) is 0 Å².